The van der Waals surface area contributed by atoms with Crippen LogP contribution in [0.4, 0.5) is 4.39 Å². The molecule has 9 N–H and O–H groups in total. The Morgan fingerprint density at radius 2 is 1.49 bits per heavy atom. The summed E-state index contributed by atoms with van der Waals surface area (Å²) in [6, 6.07) is 8.32. The molecule has 2 aromatic heterocycles. The van der Waals surface area contributed by atoms with Crippen LogP contribution in [0.1, 0.15) is 96.9 Å². The van der Waals surface area contributed by atoms with Gasteiger partial charge in [-0.25, -0.2) is 14.2 Å². The first-order chi connectivity index (χ1) is 38.7. The molecular formula is C55H59FN10O15. The number of halogens is 1. The van der Waals surface area contributed by atoms with Gasteiger partial charge in [-0.15, -0.1) is 0 Å². The van der Waals surface area contributed by atoms with Crippen molar-refractivity contribution in [2.24, 2.45) is 0 Å². The third kappa shape index (κ3) is 12.8. The first-order valence-electron chi connectivity index (χ1n) is 26.3. The number of pyridine rings is 2. The van der Waals surface area contributed by atoms with Crippen molar-refractivity contribution in [2.75, 3.05) is 32.7 Å². The zero-order valence-corrected chi connectivity index (χ0v) is 44.2. The van der Waals surface area contributed by atoms with Crippen molar-refractivity contribution in [2.45, 2.75) is 109 Å². The molecule has 4 aromatic rings. The monoisotopic (exact) mass is 1120 g/mol. The number of hydrogen-bond donors (Lipinski definition) is 9. The number of esters is 1. The Kier molecular flexibility index (Phi) is 17.8. The first-order valence-corrected chi connectivity index (χ1v) is 26.3. The Labute approximate surface area is 460 Å². The Morgan fingerprint density at radius 3 is 2.21 bits per heavy atom. The number of carboxylic acids is 1. The van der Waals surface area contributed by atoms with Crippen molar-refractivity contribution in [1.29, 1.82) is 0 Å². The molecule has 0 spiro atoms. The van der Waals surface area contributed by atoms with Crippen LogP contribution in [-0.4, -0.2) is 135 Å². The fraction of sp³-hybridized carbons (Fsp3) is 0.400. The normalized spacial score (nSPS) is 17.2. The average Bonchev–Trinajstić information content (AvgIpc) is 2.44. The highest BCUT2D eigenvalue weighted by atomic mass is 19.1. The average molecular weight is 1120 g/mol. The number of aliphatic carboxylic acids is 1. The van der Waals surface area contributed by atoms with E-state index in [1.165, 1.54) is 10.6 Å². The molecule has 2 aromatic carbocycles. The number of imide groups is 1. The highest BCUT2D eigenvalue weighted by Gasteiger charge is 2.46. The molecule has 81 heavy (non-hydrogen) atoms. The number of benzene rings is 2. The molecule has 25 nitrogen and oxygen atoms in total. The SMILES string of the molecule is CC[C@@]1(O)C(=O)OCc2c1cc1n(c2=O)Cc2c-1nc1cc(F)c(C)c3c1c2[C@@H](NC(=O)CCCNC(=O)CNC(=O)C(Cc1ccccc1)NC(=O)CNC(=O)CNC(=O)CCNC(=O)[C@H](CCC(=O)O)N1C(=O)C=CC1=O)CC3. The maximum atomic E-state index is 15.4. The largest absolute Gasteiger partial charge is 0.481 e. The van der Waals surface area contributed by atoms with Gasteiger partial charge in [-0.1, -0.05) is 37.3 Å². The number of fused-ring (bicyclic) bond motifs is 5. The van der Waals surface area contributed by atoms with Gasteiger partial charge in [0.15, 0.2) is 5.60 Å². The number of ether oxygens (including phenoxy) is 1. The minimum Gasteiger partial charge on any atom is -0.481 e. The second kappa shape index (κ2) is 24.9. The number of hydrogen-bond acceptors (Lipinski definition) is 15. The van der Waals surface area contributed by atoms with Crippen LogP contribution in [0.2, 0.25) is 0 Å². The van der Waals surface area contributed by atoms with E-state index in [2.05, 4.69) is 37.2 Å². The first kappa shape index (κ1) is 58.0. The summed E-state index contributed by atoms with van der Waals surface area (Å²) in [6.07, 6.45) is 1.60. The molecule has 0 saturated heterocycles. The lowest BCUT2D eigenvalue weighted by atomic mass is 9.81. The van der Waals surface area contributed by atoms with E-state index in [1.807, 2.05) is 0 Å². The van der Waals surface area contributed by atoms with Gasteiger partial charge in [0.25, 0.3) is 17.4 Å². The van der Waals surface area contributed by atoms with Crippen molar-refractivity contribution in [3.8, 4) is 11.4 Å². The summed E-state index contributed by atoms with van der Waals surface area (Å²) in [6.45, 7) is 1.09. The molecule has 4 aliphatic rings. The van der Waals surface area contributed by atoms with Crippen molar-refractivity contribution < 1.29 is 72.1 Å². The molecule has 0 saturated carbocycles. The number of cyclic esters (lactones) is 1. The van der Waals surface area contributed by atoms with Gasteiger partial charge in [0.1, 0.15) is 24.5 Å². The summed E-state index contributed by atoms with van der Waals surface area (Å²) in [5.74, 6) is -8.97. The third-order valence-corrected chi connectivity index (χ3v) is 14.6. The number of nitrogens with zero attached hydrogens (tertiary/aromatic N) is 3. The minimum absolute atomic E-state index is 0.00261. The van der Waals surface area contributed by atoms with Crippen molar-refractivity contribution in [3.05, 3.63) is 110 Å². The van der Waals surface area contributed by atoms with Gasteiger partial charge >= 0.3 is 11.9 Å². The molecule has 0 fully saturated rings. The number of rotatable bonds is 24. The molecule has 426 valence electrons. The van der Waals surface area contributed by atoms with Crippen LogP contribution in [0.3, 0.4) is 0 Å². The Hall–Kier alpha value is -9.20. The smallest absolute Gasteiger partial charge is 0.343 e. The minimum atomic E-state index is -2.05. The highest BCUT2D eigenvalue weighted by molar-refractivity contribution is 6.15. The molecule has 9 amide bonds. The zero-order chi connectivity index (χ0) is 58.3. The molecule has 4 atom stereocenters. The molecule has 8 rings (SSSR count). The van der Waals surface area contributed by atoms with Crippen LogP contribution in [0, 0.1) is 12.7 Å². The fourth-order valence-corrected chi connectivity index (χ4v) is 10.4. The predicted octanol–water partition coefficient (Wildman–Crippen LogP) is -0.732. The van der Waals surface area contributed by atoms with Crippen molar-refractivity contribution in [1.82, 2.24) is 51.7 Å². The number of carboxylic acid groups (broad SMARTS) is 1. The van der Waals surface area contributed by atoms with E-state index in [0.717, 1.165) is 17.7 Å². The van der Waals surface area contributed by atoms with Crippen LogP contribution in [-0.2, 0) is 89.1 Å². The van der Waals surface area contributed by atoms with Crippen molar-refractivity contribution >= 4 is 76.0 Å². The second-order valence-electron chi connectivity index (χ2n) is 19.9. The van der Waals surface area contributed by atoms with E-state index in [0.29, 0.717) is 62.3 Å². The fourth-order valence-electron chi connectivity index (χ4n) is 10.4. The summed E-state index contributed by atoms with van der Waals surface area (Å²) < 4.78 is 22.1. The zero-order valence-electron chi connectivity index (χ0n) is 44.2. The molecule has 0 bridgehead atoms. The van der Waals surface area contributed by atoms with Crippen LogP contribution in [0.5, 0.6) is 0 Å². The standard InChI is InChI=1S/C55H59FN10O15/c1-3-55(80)33-21-39-50-31(26-65(39)53(78)32(33)27-81-54(55)79)49-35(12-11-30-28(2)34(56)22-36(64-50)48(30)49)62-41(68)10-7-18-57-42(69)24-61-51(76)37(20-29-8-5-4-6-9-29)63-44(71)25-60-43(70)23-59-40(67)17-19-58-52(77)38(13-16-47(74)75)66-45(72)14-15-46(66)73/h4-6,8-9,14-15,21-22,35,37-38,80H,3,7,10-13,16-20,23-27H2,1-2H3,(H,57,69)(H,58,77)(H,59,67)(H,60,70)(H,61,76)(H,62,68)(H,63,71)(H,74,75)/t35-,37?,38-,55-/m0/s1. The molecule has 3 aliphatic heterocycles. The summed E-state index contributed by atoms with van der Waals surface area (Å²) >= 11 is 0. The maximum absolute atomic E-state index is 15.4. The summed E-state index contributed by atoms with van der Waals surface area (Å²) in [5, 5.41) is 38.9. The van der Waals surface area contributed by atoms with E-state index >= 15 is 4.39 Å². The van der Waals surface area contributed by atoms with E-state index in [1.54, 1.807) is 50.2 Å². The number of aliphatic hydroxyl groups is 1. The van der Waals surface area contributed by atoms with Gasteiger partial charge in [-0.2, -0.15) is 0 Å². The number of aryl methyl sites for hydroxylation is 1. The lowest BCUT2D eigenvalue weighted by Crippen LogP contribution is -2.52. The van der Waals surface area contributed by atoms with E-state index in [-0.39, 0.29) is 81.8 Å². The summed E-state index contributed by atoms with van der Waals surface area (Å²) in [4.78, 5) is 158. The topological polar surface area (TPSA) is 360 Å². The number of amides is 9. The summed E-state index contributed by atoms with van der Waals surface area (Å²) in [5.41, 5.74) is 1.93. The quantitative estimate of drug-likeness (QED) is 0.0209. The lowest BCUT2D eigenvalue weighted by Gasteiger charge is -2.31. The predicted molar refractivity (Wildman–Crippen MR) is 281 cm³/mol. The second-order valence-corrected chi connectivity index (χ2v) is 19.9. The molecule has 5 heterocycles. The van der Waals surface area contributed by atoms with Gasteiger partial charge in [0.2, 0.25) is 41.4 Å². The van der Waals surface area contributed by atoms with Gasteiger partial charge in [0.05, 0.1) is 54.7 Å². The van der Waals surface area contributed by atoms with Crippen LogP contribution < -0.4 is 42.8 Å². The lowest BCUT2D eigenvalue weighted by molar-refractivity contribution is -0.172. The highest BCUT2D eigenvalue weighted by Crippen LogP contribution is 2.46. The molecule has 1 unspecified atom stereocenters. The van der Waals surface area contributed by atoms with E-state index < -0.39 is 120 Å². The number of carbonyl (C=O) groups excluding carboxylic acids is 10. The van der Waals surface area contributed by atoms with E-state index in [4.69, 9.17) is 14.8 Å². The van der Waals surface area contributed by atoms with Gasteiger partial charge < -0.3 is 56.7 Å². The van der Waals surface area contributed by atoms with Crippen molar-refractivity contribution in [3.63, 3.8) is 0 Å². The Bertz CT molecular complexity index is 3360. The number of carbonyl (C=O) groups is 11. The number of nitrogens with one attached hydrogen (secondary N) is 7. The Balaban J connectivity index is 0.796. The molecule has 1 aliphatic carbocycles. The van der Waals surface area contributed by atoms with Crippen LogP contribution in [0.25, 0.3) is 22.3 Å². The van der Waals surface area contributed by atoms with E-state index in [9.17, 15) is 62.6 Å². The molecule has 26 heteroatoms. The molecular weight excluding hydrogens is 1060 g/mol. The van der Waals surface area contributed by atoms with Gasteiger partial charge in [-0.05, 0) is 67.3 Å². The van der Waals surface area contributed by atoms with Crippen LogP contribution in [0.15, 0.2) is 59.4 Å². The Morgan fingerprint density at radius 1 is 0.802 bits per heavy atom. The maximum Gasteiger partial charge on any atom is 0.343 e. The van der Waals surface area contributed by atoms with Gasteiger partial charge in [-0.3, -0.25) is 57.6 Å². The molecule has 0 radical (unpaired) electrons. The summed E-state index contributed by atoms with van der Waals surface area (Å²) in [7, 11) is 0. The third-order valence-electron chi connectivity index (χ3n) is 14.6. The van der Waals surface area contributed by atoms with Gasteiger partial charge in [0, 0.05) is 73.5 Å². The number of aromatic nitrogens is 2. The van der Waals surface area contributed by atoms with Crippen LogP contribution >= 0.6 is 0 Å².